The summed E-state index contributed by atoms with van der Waals surface area (Å²) in [5, 5.41) is 7.18. The van der Waals surface area contributed by atoms with Gasteiger partial charge < -0.3 is 10.6 Å². The number of carbonyl (C=O) groups excluding carboxylic acids is 4. The first kappa shape index (κ1) is 34.7. The highest BCUT2D eigenvalue weighted by Gasteiger charge is 2.33. The predicted octanol–water partition coefficient (Wildman–Crippen LogP) is 6.42. The lowest BCUT2D eigenvalue weighted by Gasteiger charge is -2.15. The third kappa shape index (κ3) is 9.20. The highest BCUT2D eigenvalue weighted by molar-refractivity contribution is 8.27. The molecule has 16 heteroatoms. The molecule has 2 aromatic rings. The Bertz CT molecular complexity index is 1500. The molecule has 0 aromatic heterocycles. The maximum absolute atomic E-state index is 12.8. The van der Waals surface area contributed by atoms with Crippen molar-refractivity contribution in [3.05, 3.63) is 77.4 Å². The summed E-state index contributed by atoms with van der Waals surface area (Å²) in [5.41, 5.74) is 1.26. The van der Waals surface area contributed by atoms with Crippen LogP contribution in [0.1, 0.15) is 24.0 Å². The van der Waals surface area contributed by atoms with E-state index in [0.29, 0.717) is 49.7 Å². The van der Waals surface area contributed by atoms with Crippen LogP contribution in [0.4, 0.5) is 0 Å². The molecule has 2 heterocycles. The Morgan fingerprint density at radius 3 is 1.45 bits per heavy atom. The summed E-state index contributed by atoms with van der Waals surface area (Å²) >= 11 is 37.2. The van der Waals surface area contributed by atoms with E-state index < -0.39 is 0 Å². The van der Waals surface area contributed by atoms with E-state index in [-0.39, 0.29) is 62.6 Å². The number of carbonyl (C=O) groups is 4. The minimum atomic E-state index is -0.308. The monoisotopic (exact) mass is 746 g/mol. The van der Waals surface area contributed by atoms with Crippen molar-refractivity contribution in [2.75, 3.05) is 26.2 Å². The number of benzene rings is 2. The van der Waals surface area contributed by atoms with Crippen LogP contribution >= 0.6 is 94.4 Å². The van der Waals surface area contributed by atoms with Crippen LogP contribution in [0.3, 0.4) is 0 Å². The van der Waals surface area contributed by atoms with E-state index in [1.54, 1.807) is 48.6 Å². The van der Waals surface area contributed by atoms with Gasteiger partial charge in [0.25, 0.3) is 11.8 Å². The molecule has 0 bridgehead atoms. The third-order valence-corrected chi connectivity index (χ3v) is 10.0. The molecule has 2 N–H and O–H groups in total. The lowest BCUT2D eigenvalue weighted by Crippen LogP contribution is -2.38. The largest absolute Gasteiger partial charge is 0.354 e. The van der Waals surface area contributed by atoms with Crippen LogP contribution in [-0.2, 0) is 19.2 Å². The highest BCUT2D eigenvalue weighted by atomic mass is 35.5. The maximum atomic E-state index is 12.8. The van der Waals surface area contributed by atoms with Gasteiger partial charge in [0, 0.05) is 59.1 Å². The van der Waals surface area contributed by atoms with Gasteiger partial charge in [-0.2, -0.15) is 0 Å². The van der Waals surface area contributed by atoms with Crippen LogP contribution in [0.5, 0.6) is 0 Å². The second kappa shape index (κ2) is 15.9. The zero-order valence-corrected chi connectivity index (χ0v) is 28.8. The van der Waals surface area contributed by atoms with Crippen molar-refractivity contribution < 1.29 is 19.2 Å². The normalized spacial score (nSPS) is 16.9. The Kier molecular flexibility index (Phi) is 12.5. The van der Waals surface area contributed by atoms with Gasteiger partial charge in [-0.25, -0.2) is 0 Å². The van der Waals surface area contributed by atoms with Crippen LogP contribution in [0.25, 0.3) is 12.2 Å². The molecular weight excluding hydrogens is 726 g/mol. The van der Waals surface area contributed by atoms with Gasteiger partial charge in [0.15, 0.2) is 0 Å². The SMILES string of the molecule is O=C(CCN1C(=O)/C(=C/c2ccc(Cl)cc2Cl)SC1=S)NCCNC(=O)CCN1C(=O)/C(=C/c2ccc(Cl)cc2Cl)SC1=S. The molecule has 0 atom stereocenters. The number of thioether (sulfide) groups is 2. The minimum Gasteiger partial charge on any atom is -0.354 e. The fourth-order valence-corrected chi connectivity index (χ4v) is 7.44. The first-order valence-electron chi connectivity index (χ1n) is 12.9. The molecule has 2 aliphatic rings. The molecule has 4 amide bonds. The molecule has 44 heavy (non-hydrogen) atoms. The summed E-state index contributed by atoms with van der Waals surface area (Å²) in [6.07, 6.45) is 3.33. The Labute approximate surface area is 292 Å². The average molecular weight is 749 g/mol. The number of nitrogens with zero attached hydrogens (tertiary/aromatic N) is 2. The van der Waals surface area contributed by atoms with E-state index in [9.17, 15) is 19.2 Å². The topological polar surface area (TPSA) is 98.8 Å². The van der Waals surface area contributed by atoms with Gasteiger partial charge in [-0.3, -0.25) is 29.0 Å². The average Bonchev–Trinajstić information content (AvgIpc) is 3.39. The second-order valence-corrected chi connectivity index (χ2v) is 14.2. The van der Waals surface area contributed by atoms with E-state index in [0.717, 1.165) is 23.5 Å². The molecule has 0 spiro atoms. The summed E-state index contributed by atoms with van der Waals surface area (Å²) in [6, 6.07) is 9.92. The molecule has 2 aromatic carbocycles. The number of hydrogen-bond donors (Lipinski definition) is 2. The van der Waals surface area contributed by atoms with Crippen molar-refractivity contribution in [2.24, 2.45) is 0 Å². The van der Waals surface area contributed by atoms with Gasteiger partial charge in [0.05, 0.1) is 9.81 Å². The molecule has 0 radical (unpaired) electrons. The zero-order valence-electron chi connectivity index (χ0n) is 22.5. The van der Waals surface area contributed by atoms with Crippen molar-refractivity contribution in [3.8, 4) is 0 Å². The van der Waals surface area contributed by atoms with Crippen LogP contribution < -0.4 is 10.6 Å². The fourth-order valence-electron chi connectivity index (χ4n) is 3.91. The molecule has 0 saturated carbocycles. The molecule has 230 valence electrons. The zero-order chi connectivity index (χ0) is 32.0. The smallest absolute Gasteiger partial charge is 0.266 e. The second-order valence-electron chi connectivity index (χ2n) is 9.20. The van der Waals surface area contributed by atoms with Crippen LogP contribution in [0.15, 0.2) is 46.2 Å². The van der Waals surface area contributed by atoms with E-state index >= 15 is 0 Å². The summed E-state index contributed by atoms with van der Waals surface area (Å²) in [5.74, 6) is -1.22. The predicted molar refractivity (Wildman–Crippen MR) is 188 cm³/mol. The number of halogens is 4. The van der Waals surface area contributed by atoms with Crippen LogP contribution in [0.2, 0.25) is 20.1 Å². The number of hydrogen-bond acceptors (Lipinski definition) is 8. The first-order chi connectivity index (χ1) is 20.9. The lowest BCUT2D eigenvalue weighted by molar-refractivity contribution is -0.126. The lowest BCUT2D eigenvalue weighted by atomic mass is 10.2. The van der Waals surface area contributed by atoms with Crippen LogP contribution in [0, 0.1) is 0 Å². The standard InChI is InChI=1S/C28H22Cl4N4O4S4/c29-17-3-1-15(19(31)13-17)11-21-25(39)35(27(41)43-21)9-5-23(37)33-7-8-34-24(38)6-10-36-26(40)22(44-28(36)42)12-16-2-4-18(30)14-20(16)32/h1-4,11-14H,5-10H2,(H,33,37)(H,34,38)/b21-11-,22-12-. The maximum Gasteiger partial charge on any atom is 0.266 e. The van der Waals surface area contributed by atoms with E-state index in [1.165, 1.54) is 9.80 Å². The quantitative estimate of drug-likeness (QED) is 0.155. The number of thiocarbonyl (C=S) groups is 2. The number of nitrogens with one attached hydrogen (secondary N) is 2. The molecule has 0 aliphatic carbocycles. The summed E-state index contributed by atoms with van der Waals surface area (Å²) in [4.78, 5) is 53.9. The van der Waals surface area contributed by atoms with Gasteiger partial charge >= 0.3 is 0 Å². The molecule has 4 rings (SSSR count). The summed E-state index contributed by atoms with van der Waals surface area (Å²) in [7, 11) is 0. The molecule has 2 fully saturated rings. The van der Waals surface area contributed by atoms with E-state index in [2.05, 4.69) is 10.6 Å². The van der Waals surface area contributed by atoms with Gasteiger partial charge in [-0.05, 0) is 47.5 Å². The molecule has 2 aliphatic heterocycles. The minimum absolute atomic E-state index is 0.0264. The Morgan fingerprint density at radius 1 is 0.705 bits per heavy atom. The third-order valence-electron chi connectivity index (χ3n) is 6.14. The Morgan fingerprint density at radius 2 is 1.09 bits per heavy atom. The van der Waals surface area contributed by atoms with Gasteiger partial charge in [-0.15, -0.1) is 0 Å². The molecular formula is C28H22Cl4N4O4S4. The van der Waals surface area contributed by atoms with Crippen molar-refractivity contribution in [2.45, 2.75) is 12.8 Å². The van der Waals surface area contributed by atoms with Crippen molar-refractivity contribution in [3.63, 3.8) is 0 Å². The summed E-state index contributed by atoms with van der Waals surface area (Å²) in [6.45, 7) is 0.584. The Hall–Kier alpha value is -2.16. The molecule has 2 saturated heterocycles. The Balaban J connectivity index is 1.15. The van der Waals surface area contributed by atoms with E-state index in [4.69, 9.17) is 70.8 Å². The molecule has 8 nitrogen and oxygen atoms in total. The number of amides is 4. The van der Waals surface area contributed by atoms with Gasteiger partial charge in [0.1, 0.15) is 8.64 Å². The highest BCUT2D eigenvalue weighted by Crippen LogP contribution is 2.35. The van der Waals surface area contributed by atoms with Gasteiger partial charge in [0.2, 0.25) is 11.8 Å². The van der Waals surface area contributed by atoms with Crippen molar-refractivity contribution in [1.29, 1.82) is 0 Å². The first-order valence-corrected chi connectivity index (χ1v) is 16.8. The van der Waals surface area contributed by atoms with Gasteiger partial charge in [-0.1, -0.05) is 106 Å². The molecule has 0 unspecified atom stereocenters. The van der Waals surface area contributed by atoms with E-state index in [1.807, 2.05) is 0 Å². The fraction of sp³-hybridized carbons (Fsp3) is 0.214. The van der Waals surface area contributed by atoms with Crippen molar-refractivity contribution >= 4 is 139 Å². The number of rotatable bonds is 11. The van der Waals surface area contributed by atoms with Crippen LogP contribution in [-0.4, -0.2) is 68.2 Å². The summed E-state index contributed by atoms with van der Waals surface area (Å²) < 4.78 is 0.689. The van der Waals surface area contributed by atoms with Crippen molar-refractivity contribution in [1.82, 2.24) is 20.4 Å².